The van der Waals surface area contributed by atoms with Crippen molar-refractivity contribution in [2.45, 2.75) is 32.2 Å². The van der Waals surface area contributed by atoms with E-state index in [1.54, 1.807) is 6.92 Å². The Labute approximate surface area is 99.0 Å². The lowest BCUT2D eigenvalue weighted by molar-refractivity contribution is 0.0875. The second-order valence-electron chi connectivity index (χ2n) is 4.74. The summed E-state index contributed by atoms with van der Waals surface area (Å²) < 4.78 is 27.5. The van der Waals surface area contributed by atoms with Gasteiger partial charge in [-0.2, -0.15) is 0 Å². The minimum atomic E-state index is -0.838. The number of carbonyl (C=O) groups excluding carboxylic acids is 1. The summed E-state index contributed by atoms with van der Waals surface area (Å²) in [5.74, 6) is -2.02. The third-order valence-electron chi connectivity index (χ3n) is 3.38. The monoisotopic (exact) mass is 239 g/mol. The van der Waals surface area contributed by atoms with Crippen molar-refractivity contribution >= 4 is 5.78 Å². The Bertz CT molecular complexity index is 465. The van der Waals surface area contributed by atoms with Crippen LogP contribution in [0.1, 0.15) is 35.7 Å². The maximum absolute atomic E-state index is 13.8. The van der Waals surface area contributed by atoms with Crippen LogP contribution in [0, 0.1) is 18.6 Å². The number of carbonyl (C=O) groups is 1. The topological polar surface area (TPSA) is 29.1 Å². The first-order valence-electron chi connectivity index (χ1n) is 5.70. The zero-order chi connectivity index (χ0) is 12.6. The number of Topliss-reactive ketones (excluding diaryl/α,β-unsaturated/α-hetero) is 1. The summed E-state index contributed by atoms with van der Waals surface area (Å²) in [7, 11) is 0. The molecule has 0 bridgehead atoms. The average Bonchev–Trinajstić information content (AvgIpc) is 2.72. The van der Waals surface area contributed by atoms with Gasteiger partial charge in [-0.3, -0.25) is 4.79 Å². The van der Waals surface area contributed by atoms with E-state index in [1.807, 2.05) is 0 Å². The first-order chi connectivity index (χ1) is 7.96. The number of aryl methyl sites for hydroxylation is 1. The minimum Gasteiger partial charge on any atom is -0.305 e. The SMILES string of the molecule is Cc1ccc(F)c(C(=O)C2(C)CCCN2)c1F. The fraction of sp³-hybridized carbons (Fsp3) is 0.462. The van der Waals surface area contributed by atoms with Gasteiger partial charge in [0, 0.05) is 0 Å². The van der Waals surface area contributed by atoms with Crippen LogP contribution in [0.5, 0.6) is 0 Å². The number of benzene rings is 1. The lowest BCUT2D eigenvalue weighted by Crippen LogP contribution is -2.45. The number of hydrogen-bond donors (Lipinski definition) is 1. The van der Waals surface area contributed by atoms with Crippen LogP contribution in [-0.4, -0.2) is 17.9 Å². The summed E-state index contributed by atoms with van der Waals surface area (Å²) in [5, 5.41) is 3.02. The van der Waals surface area contributed by atoms with Gasteiger partial charge in [0.15, 0.2) is 5.78 Å². The molecule has 0 aromatic heterocycles. The van der Waals surface area contributed by atoms with Crippen molar-refractivity contribution in [3.8, 4) is 0 Å². The highest BCUT2D eigenvalue weighted by Crippen LogP contribution is 2.27. The molecule has 1 heterocycles. The van der Waals surface area contributed by atoms with Gasteiger partial charge < -0.3 is 5.32 Å². The second-order valence-corrected chi connectivity index (χ2v) is 4.74. The van der Waals surface area contributed by atoms with E-state index in [-0.39, 0.29) is 5.56 Å². The molecule has 1 aliphatic rings. The molecule has 2 rings (SSSR count). The summed E-state index contributed by atoms with van der Waals surface area (Å²) in [4.78, 5) is 12.2. The standard InChI is InChI=1S/C13H15F2NO/c1-8-4-5-9(14)10(11(8)15)12(17)13(2)6-3-7-16-13/h4-5,16H,3,6-7H2,1-2H3. The Hall–Kier alpha value is -1.29. The summed E-state index contributed by atoms with van der Waals surface area (Å²) in [5.41, 5.74) is -0.964. The lowest BCUT2D eigenvalue weighted by atomic mass is 9.88. The van der Waals surface area contributed by atoms with Gasteiger partial charge in [-0.05, 0) is 44.9 Å². The third kappa shape index (κ3) is 1.97. The summed E-state index contributed by atoms with van der Waals surface area (Å²) >= 11 is 0. The highest BCUT2D eigenvalue weighted by Gasteiger charge is 2.39. The molecule has 4 heteroatoms. The van der Waals surface area contributed by atoms with E-state index in [1.165, 1.54) is 13.0 Å². The first-order valence-corrected chi connectivity index (χ1v) is 5.70. The molecule has 0 spiro atoms. The van der Waals surface area contributed by atoms with Gasteiger partial charge in [-0.15, -0.1) is 0 Å². The number of nitrogens with one attached hydrogen (secondary N) is 1. The molecule has 0 amide bonds. The van der Waals surface area contributed by atoms with E-state index in [2.05, 4.69) is 5.32 Å². The van der Waals surface area contributed by atoms with Crippen molar-refractivity contribution in [2.75, 3.05) is 6.54 Å². The molecular weight excluding hydrogens is 224 g/mol. The van der Waals surface area contributed by atoms with Gasteiger partial charge in [0.1, 0.15) is 11.6 Å². The van der Waals surface area contributed by atoms with Gasteiger partial charge in [-0.1, -0.05) is 6.07 Å². The van der Waals surface area contributed by atoms with Crippen LogP contribution in [0.4, 0.5) is 8.78 Å². The van der Waals surface area contributed by atoms with Crippen LogP contribution < -0.4 is 5.32 Å². The van der Waals surface area contributed by atoms with Crippen LogP contribution >= 0.6 is 0 Å². The fourth-order valence-corrected chi connectivity index (χ4v) is 2.23. The highest BCUT2D eigenvalue weighted by atomic mass is 19.1. The number of hydrogen-bond acceptors (Lipinski definition) is 2. The molecule has 1 aliphatic heterocycles. The number of rotatable bonds is 2. The maximum Gasteiger partial charge on any atom is 0.188 e. The molecule has 92 valence electrons. The van der Waals surface area contributed by atoms with Crippen LogP contribution in [0.25, 0.3) is 0 Å². The molecule has 1 aromatic carbocycles. The normalized spacial score (nSPS) is 24.0. The smallest absolute Gasteiger partial charge is 0.188 e. The Kier molecular flexibility index (Phi) is 3.00. The van der Waals surface area contributed by atoms with Gasteiger partial charge >= 0.3 is 0 Å². The Balaban J connectivity index is 2.47. The molecule has 0 radical (unpaired) electrons. The second kappa shape index (κ2) is 4.18. The Morgan fingerprint density at radius 1 is 1.41 bits per heavy atom. The highest BCUT2D eigenvalue weighted by molar-refractivity contribution is 6.03. The molecule has 1 atom stereocenters. The van der Waals surface area contributed by atoms with Crippen molar-refractivity contribution in [3.05, 3.63) is 34.9 Å². The fourth-order valence-electron chi connectivity index (χ4n) is 2.23. The molecule has 0 saturated carbocycles. The Morgan fingerprint density at radius 3 is 2.71 bits per heavy atom. The van der Waals surface area contributed by atoms with Crippen molar-refractivity contribution in [1.82, 2.24) is 5.32 Å². The van der Waals surface area contributed by atoms with Crippen LogP contribution in [-0.2, 0) is 0 Å². The molecular formula is C13H15F2NO. The van der Waals surface area contributed by atoms with E-state index in [4.69, 9.17) is 0 Å². The summed E-state index contributed by atoms with van der Waals surface area (Å²) in [6, 6.07) is 2.48. The maximum atomic E-state index is 13.8. The molecule has 17 heavy (non-hydrogen) atoms. The van der Waals surface area contributed by atoms with Gasteiger partial charge in [0.25, 0.3) is 0 Å². The van der Waals surface area contributed by atoms with E-state index < -0.39 is 28.5 Å². The van der Waals surface area contributed by atoms with Gasteiger partial charge in [0.2, 0.25) is 0 Å². The average molecular weight is 239 g/mol. The number of ketones is 1. The van der Waals surface area contributed by atoms with Crippen molar-refractivity contribution in [3.63, 3.8) is 0 Å². The third-order valence-corrected chi connectivity index (χ3v) is 3.38. The summed E-state index contributed by atoms with van der Waals surface area (Å²) in [6.45, 7) is 3.93. The van der Waals surface area contributed by atoms with Crippen LogP contribution in [0.2, 0.25) is 0 Å². The summed E-state index contributed by atoms with van der Waals surface area (Å²) in [6.07, 6.45) is 1.45. The van der Waals surface area contributed by atoms with E-state index in [0.29, 0.717) is 13.0 Å². The predicted molar refractivity (Wildman–Crippen MR) is 61.1 cm³/mol. The zero-order valence-electron chi connectivity index (χ0n) is 9.94. The van der Waals surface area contributed by atoms with Crippen LogP contribution in [0.3, 0.4) is 0 Å². The molecule has 1 saturated heterocycles. The van der Waals surface area contributed by atoms with Gasteiger partial charge in [-0.25, -0.2) is 8.78 Å². The lowest BCUT2D eigenvalue weighted by Gasteiger charge is -2.23. The molecule has 1 N–H and O–H groups in total. The van der Waals surface area contributed by atoms with Crippen LogP contribution in [0.15, 0.2) is 12.1 Å². The quantitative estimate of drug-likeness (QED) is 0.804. The van der Waals surface area contributed by atoms with E-state index in [0.717, 1.165) is 12.5 Å². The predicted octanol–water partition coefficient (Wildman–Crippen LogP) is 2.60. The molecule has 1 fully saturated rings. The van der Waals surface area contributed by atoms with E-state index >= 15 is 0 Å². The van der Waals surface area contributed by atoms with Gasteiger partial charge in [0.05, 0.1) is 11.1 Å². The minimum absolute atomic E-state index is 0.288. The zero-order valence-corrected chi connectivity index (χ0v) is 9.94. The largest absolute Gasteiger partial charge is 0.305 e. The number of halogens is 2. The molecule has 1 aromatic rings. The molecule has 2 nitrogen and oxygen atoms in total. The van der Waals surface area contributed by atoms with Crippen molar-refractivity contribution < 1.29 is 13.6 Å². The van der Waals surface area contributed by atoms with Crippen molar-refractivity contribution in [2.24, 2.45) is 0 Å². The Morgan fingerprint density at radius 2 is 2.12 bits per heavy atom. The first kappa shape index (κ1) is 12.2. The van der Waals surface area contributed by atoms with Crippen molar-refractivity contribution in [1.29, 1.82) is 0 Å². The van der Waals surface area contributed by atoms with E-state index in [9.17, 15) is 13.6 Å². The molecule has 1 unspecified atom stereocenters. The molecule has 0 aliphatic carbocycles.